The Labute approximate surface area is 106 Å². The predicted molar refractivity (Wildman–Crippen MR) is 66.8 cm³/mol. The first-order chi connectivity index (χ1) is 8.22. The topological polar surface area (TPSA) is 43.4 Å². The summed E-state index contributed by atoms with van der Waals surface area (Å²) >= 11 is 5.61. The lowest BCUT2D eigenvalue weighted by atomic mass is 10.0. The summed E-state index contributed by atoms with van der Waals surface area (Å²) in [5.41, 5.74) is 1.85. The average Bonchev–Trinajstić information content (AvgIpc) is 2.36. The van der Waals surface area contributed by atoms with E-state index in [0.29, 0.717) is 23.6 Å². The minimum absolute atomic E-state index is 0.323. The molecule has 4 heteroatoms. The van der Waals surface area contributed by atoms with E-state index < -0.39 is 5.97 Å². The summed E-state index contributed by atoms with van der Waals surface area (Å²) in [6, 6.07) is 5.02. The van der Waals surface area contributed by atoms with Crippen molar-refractivity contribution in [1.82, 2.24) is 0 Å². The first-order valence-corrected chi connectivity index (χ1v) is 6.07. The molecule has 0 atom stereocenters. The van der Waals surface area contributed by atoms with Crippen molar-refractivity contribution in [2.24, 2.45) is 0 Å². The predicted octanol–water partition coefficient (Wildman–Crippen LogP) is 2.85. The second kappa shape index (κ2) is 7.07. The lowest BCUT2D eigenvalue weighted by Gasteiger charge is -2.06. The highest BCUT2D eigenvalue weighted by molar-refractivity contribution is 6.17. The van der Waals surface area contributed by atoms with Gasteiger partial charge in [-0.2, -0.15) is 0 Å². The number of benzene rings is 1. The van der Waals surface area contributed by atoms with Crippen LogP contribution in [0.3, 0.4) is 0 Å². The van der Waals surface area contributed by atoms with Crippen molar-refractivity contribution in [3.05, 3.63) is 34.9 Å². The van der Waals surface area contributed by atoms with Crippen molar-refractivity contribution in [3.8, 4) is 0 Å². The van der Waals surface area contributed by atoms with Gasteiger partial charge in [0.05, 0.1) is 12.2 Å². The van der Waals surface area contributed by atoms with Crippen LogP contribution in [0.5, 0.6) is 0 Å². The number of hydrogen-bond acceptors (Lipinski definition) is 3. The smallest absolute Gasteiger partial charge is 0.338 e. The zero-order valence-corrected chi connectivity index (χ0v) is 10.5. The summed E-state index contributed by atoms with van der Waals surface area (Å²) in [4.78, 5) is 22.4. The van der Waals surface area contributed by atoms with Gasteiger partial charge in [0.2, 0.25) is 0 Å². The summed E-state index contributed by atoms with van der Waals surface area (Å²) in [6.07, 6.45) is 2.30. The number of aryl methyl sites for hydroxylation is 1. The molecule has 1 aromatic rings. The van der Waals surface area contributed by atoms with Crippen LogP contribution in [0.1, 0.15) is 39.6 Å². The van der Waals surface area contributed by atoms with E-state index in [4.69, 9.17) is 16.3 Å². The fraction of sp³-hybridized carbons (Fsp3) is 0.385. The van der Waals surface area contributed by atoms with Crippen molar-refractivity contribution in [2.45, 2.75) is 19.8 Å². The normalized spacial score (nSPS) is 10.0. The van der Waals surface area contributed by atoms with Crippen LogP contribution in [0.2, 0.25) is 0 Å². The van der Waals surface area contributed by atoms with Crippen LogP contribution in [0.4, 0.5) is 0 Å². The highest BCUT2D eigenvalue weighted by Gasteiger charge is 2.09. The van der Waals surface area contributed by atoms with Gasteiger partial charge in [0.15, 0.2) is 0 Å². The molecule has 0 aliphatic carbocycles. The van der Waals surface area contributed by atoms with Crippen LogP contribution in [-0.4, -0.2) is 24.7 Å². The van der Waals surface area contributed by atoms with Crippen molar-refractivity contribution < 1.29 is 14.3 Å². The number of rotatable bonds is 6. The molecule has 3 nitrogen and oxygen atoms in total. The maximum Gasteiger partial charge on any atom is 0.338 e. The van der Waals surface area contributed by atoms with Gasteiger partial charge in [0, 0.05) is 11.4 Å². The number of carbonyl (C=O) groups excluding carboxylic acids is 2. The average molecular weight is 255 g/mol. The van der Waals surface area contributed by atoms with Gasteiger partial charge in [0.25, 0.3) is 0 Å². The minimum Gasteiger partial charge on any atom is -0.462 e. The summed E-state index contributed by atoms with van der Waals surface area (Å²) in [5.74, 6) is 0.150. The molecule has 0 N–H and O–H groups in total. The van der Waals surface area contributed by atoms with Gasteiger partial charge >= 0.3 is 5.97 Å². The highest BCUT2D eigenvalue weighted by Crippen LogP contribution is 2.13. The second-order valence-electron chi connectivity index (χ2n) is 3.54. The molecule has 0 aromatic heterocycles. The number of hydrogen-bond donors (Lipinski definition) is 0. The van der Waals surface area contributed by atoms with Gasteiger partial charge in [-0.25, -0.2) is 4.79 Å². The molecule has 92 valence electrons. The van der Waals surface area contributed by atoms with Crippen LogP contribution < -0.4 is 0 Å². The molecule has 0 radical (unpaired) electrons. The molecule has 1 rings (SSSR count). The van der Waals surface area contributed by atoms with Gasteiger partial charge in [-0.3, -0.25) is 4.79 Å². The minimum atomic E-state index is -0.403. The van der Waals surface area contributed by atoms with Gasteiger partial charge in [-0.05, 0) is 37.5 Å². The fourth-order valence-electron chi connectivity index (χ4n) is 1.53. The number of ether oxygens (including phenoxy) is 1. The second-order valence-corrected chi connectivity index (χ2v) is 3.92. The largest absolute Gasteiger partial charge is 0.462 e. The molecule has 0 aliphatic rings. The van der Waals surface area contributed by atoms with E-state index >= 15 is 0 Å². The summed E-state index contributed by atoms with van der Waals surface area (Å²) in [7, 11) is 0. The molecular weight excluding hydrogens is 240 g/mol. The molecule has 0 bridgehead atoms. The SMILES string of the molecule is CCOC(=O)c1ccc(CCCCl)c(C=O)c1. The van der Waals surface area contributed by atoms with Crippen molar-refractivity contribution >= 4 is 23.9 Å². The molecule has 0 spiro atoms. The van der Waals surface area contributed by atoms with Crippen LogP contribution >= 0.6 is 11.6 Å². The van der Waals surface area contributed by atoms with E-state index in [9.17, 15) is 9.59 Å². The molecule has 0 saturated heterocycles. The molecule has 0 amide bonds. The van der Waals surface area contributed by atoms with Crippen LogP contribution in [0.15, 0.2) is 18.2 Å². The number of alkyl halides is 1. The van der Waals surface area contributed by atoms with Crippen molar-refractivity contribution in [1.29, 1.82) is 0 Å². The number of aldehydes is 1. The van der Waals surface area contributed by atoms with E-state index in [0.717, 1.165) is 24.7 Å². The van der Waals surface area contributed by atoms with Crippen LogP contribution in [0, 0.1) is 0 Å². The molecule has 0 aliphatic heterocycles. The van der Waals surface area contributed by atoms with E-state index in [2.05, 4.69) is 0 Å². The first kappa shape index (κ1) is 13.7. The van der Waals surface area contributed by atoms with E-state index in [1.54, 1.807) is 25.1 Å². The Morgan fingerprint density at radius 3 is 2.82 bits per heavy atom. The van der Waals surface area contributed by atoms with Crippen molar-refractivity contribution in [2.75, 3.05) is 12.5 Å². The maximum absolute atomic E-state index is 11.5. The molecule has 0 fully saturated rings. The Kier molecular flexibility index (Phi) is 5.70. The third-order valence-electron chi connectivity index (χ3n) is 2.36. The molecule has 0 saturated carbocycles. The first-order valence-electron chi connectivity index (χ1n) is 5.54. The van der Waals surface area contributed by atoms with E-state index in [-0.39, 0.29) is 0 Å². The third-order valence-corrected chi connectivity index (χ3v) is 2.63. The lowest BCUT2D eigenvalue weighted by molar-refractivity contribution is 0.0526. The van der Waals surface area contributed by atoms with Crippen molar-refractivity contribution in [3.63, 3.8) is 0 Å². The lowest BCUT2D eigenvalue weighted by Crippen LogP contribution is -2.06. The standard InChI is InChI=1S/C13H15ClO3/c1-2-17-13(16)11-6-5-10(4-3-7-14)12(8-11)9-15/h5-6,8-9H,2-4,7H2,1H3. The number of esters is 1. The number of carbonyl (C=O) groups is 2. The van der Waals surface area contributed by atoms with E-state index in [1.165, 1.54) is 0 Å². The fourth-order valence-corrected chi connectivity index (χ4v) is 1.66. The summed E-state index contributed by atoms with van der Waals surface area (Å²) in [5, 5.41) is 0. The molecule has 1 aromatic carbocycles. The summed E-state index contributed by atoms with van der Waals surface area (Å²) < 4.78 is 4.87. The van der Waals surface area contributed by atoms with Gasteiger partial charge in [-0.1, -0.05) is 6.07 Å². The highest BCUT2D eigenvalue weighted by atomic mass is 35.5. The molecule has 0 unspecified atom stereocenters. The Balaban J connectivity index is 2.91. The Bertz CT molecular complexity index is 402. The zero-order chi connectivity index (χ0) is 12.7. The van der Waals surface area contributed by atoms with Gasteiger partial charge in [0.1, 0.15) is 6.29 Å². The number of halogens is 1. The third kappa shape index (κ3) is 3.86. The van der Waals surface area contributed by atoms with Crippen LogP contribution in [-0.2, 0) is 11.2 Å². The summed E-state index contributed by atoms with van der Waals surface area (Å²) in [6.45, 7) is 2.07. The maximum atomic E-state index is 11.5. The Morgan fingerprint density at radius 2 is 2.24 bits per heavy atom. The quantitative estimate of drug-likeness (QED) is 0.445. The monoisotopic (exact) mass is 254 g/mol. The van der Waals surface area contributed by atoms with Crippen LogP contribution in [0.25, 0.3) is 0 Å². The Morgan fingerprint density at radius 1 is 1.47 bits per heavy atom. The molecule has 0 heterocycles. The Hall–Kier alpha value is -1.35. The zero-order valence-electron chi connectivity index (χ0n) is 9.74. The van der Waals surface area contributed by atoms with Gasteiger partial charge < -0.3 is 4.74 Å². The van der Waals surface area contributed by atoms with E-state index in [1.807, 2.05) is 0 Å². The molecular formula is C13H15ClO3. The van der Waals surface area contributed by atoms with Gasteiger partial charge in [-0.15, -0.1) is 11.6 Å². The molecule has 17 heavy (non-hydrogen) atoms.